The molecule has 0 bridgehead atoms. The van der Waals surface area contributed by atoms with Crippen LogP contribution < -0.4 is 10.6 Å². The van der Waals surface area contributed by atoms with E-state index in [1.54, 1.807) is 13.0 Å². The van der Waals surface area contributed by atoms with E-state index in [0.717, 1.165) is 16.7 Å². The van der Waals surface area contributed by atoms with E-state index in [9.17, 15) is 4.79 Å². The second-order valence-electron chi connectivity index (χ2n) is 6.27. The van der Waals surface area contributed by atoms with Gasteiger partial charge in [-0.1, -0.05) is 48.0 Å². The minimum Gasteiger partial charge on any atom is -0.366 e. The zero-order chi connectivity index (χ0) is 19.2. The molecule has 138 valence electrons. The lowest BCUT2D eigenvalue weighted by Crippen LogP contribution is -2.25. The van der Waals surface area contributed by atoms with Crippen molar-refractivity contribution in [1.82, 2.24) is 15.3 Å². The number of halogens is 1. The third-order valence-corrected chi connectivity index (χ3v) is 4.41. The van der Waals surface area contributed by atoms with E-state index >= 15 is 0 Å². The quantitative estimate of drug-likeness (QED) is 0.669. The zero-order valence-electron chi connectivity index (χ0n) is 15.3. The van der Waals surface area contributed by atoms with Gasteiger partial charge in [-0.3, -0.25) is 4.79 Å². The third-order valence-electron chi connectivity index (χ3n) is 4.16. The first-order valence-corrected chi connectivity index (χ1v) is 9.06. The maximum atomic E-state index is 12.5. The fourth-order valence-corrected chi connectivity index (χ4v) is 2.77. The molecule has 0 spiro atoms. The minimum absolute atomic E-state index is 0.224. The van der Waals surface area contributed by atoms with Gasteiger partial charge < -0.3 is 10.6 Å². The van der Waals surface area contributed by atoms with Gasteiger partial charge in [0.1, 0.15) is 17.3 Å². The molecule has 1 amide bonds. The molecule has 0 saturated carbocycles. The van der Waals surface area contributed by atoms with Crippen LogP contribution in [0, 0.1) is 13.8 Å². The van der Waals surface area contributed by atoms with Crippen LogP contribution in [0.3, 0.4) is 0 Å². The van der Waals surface area contributed by atoms with Crippen molar-refractivity contribution in [2.24, 2.45) is 0 Å². The molecule has 0 aliphatic rings. The summed E-state index contributed by atoms with van der Waals surface area (Å²) in [5, 5.41) is 6.84. The Morgan fingerprint density at radius 3 is 2.48 bits per heavy atom. The molecule has 0 aliphatic carbocycles. The summed E-state index contributed by atoms with van der Waals surface area (Å²) in [6, 6.07) is 17.2. The summed E-state index contributed by atoms with van der Waals surface area (Å²) in [6.07, 6.45) is 0. The molecule has 0 atom stereocenters. The van der Waals surface area contributed by atoms with Crippen LogP contribution in [-0.2, 0) is 13.1 Å². The van der Waals surface area contributed by atoms with Gasteiger partial charge in [0.2, 0.25) is 0 Å². The summed E-state index contributed by atoms with van der Waals surface area (Å²) in [4.78, 5) is 21.1. The lowest BCUT2D eigenvalue weighted by atomic mass is 10.1. The van der Waals surface area contributed by atoms with Gasteiger partial charge in [0, 0.05) is 24.2 Å². The Kier molecular flexibility index (Phi) is 6.04. The van der Waals surface area contributed by atoms with Crippen molar-refractivity contribution in [1.29, 1.82) is 0 Å². The molecule has 3 rings (SSSR count). The van der Waals surface area contributed by atoms with Gasteiger partial charge in [0.05, 0.1) is 0 Å². The molecule has 5 nitrogen and oxygen atoms in total. The highest BCUT2D eigenvalue weighted by molar-refractivity contribution is 6.30. The van der Waals surface area contributed by atoms with Gasteiger partial charge in [-0.15, -0.1) is 0 Å². The molecule has 0 unspecified atom stereocenters. The number of amides is 1. The monoisotopic (exact) mass is 380 g/mol. The lowest BCUT2D eigenvalue weighted by molar-refractivity contribution is 0.0945. The summed E-state index contributed by atoms with van der Waals surface area (Å²) >= 11 is 5.90. The number of carbonyl (C=O) groups excluding carboxylic acids is 1. The summed E-state index contributed by atoms with van der Waals surface area (Å²) in [5.74, 6) is 0.925. The highest BCUT2D eigenvalue weighted by atomic mass is 35.5. The predicted molar refractivity (Wildman–Crippen MR) is 108 cm³/mol. The summed E-state index contributed by atoms with van der Waals surface area (Å²) in [6.45, 7) is 4.83. The molecule has 0 aliphatic heterocycles. The van der Waals surface area contributed by atoms with E-state index in [0.29, 0.717) is 35.4 Å². The lowest BCUT2D eigenvalue weighted by Gasteiger charge is -2.10. The number of aromatic nitrogens is 2. The Hall–Kier alpha value is -2.92. The van der Waals surface area contributed by atoms with Crippen molar-refractivity contribution >= 4 is 23.3 Å². The van der Waals surface area contributed by atoms with Crippen molar-refractivity contribution in [2.75, 3.05) is 5.32 Å². The molecule has 0 saturated heterocycles. The first-order chi connectivity index (χ1) is 13.0. The molecular formula is C21H21ClN4O. The normalized spacial score (nSPS) is 10.5. The molecule has 0 radical (unpaired) electrons. The molecular weight excluding hydrogens is 360 g/mol. The van der Waals surface area contributed by atoms with Crippen molar-refractivity contribution < 1.29 is 4.79 Å². The highest BCUT2D eigenvalue weighted by Crippen LogP contribution is 2.13. The van der Waals surface area contributed by atoms with Crippen LogP contribution in [0.2, 0.25) is 5.02 Å². The van der Waals surface area contributed by atoms with E-state index in [-0.39, 0.29) is 5.91 Å². The van der Waals surface area contributed by atoms with Crippen LogP contribution in [0.1, 0.15) is 33.0 Å². The number of anilines is 1. The number of benzene rings is 2. The number of nitrogens with one attached hydrogen (secondary N) is 2. The number of hydrogen-bond donors (Lipinski definition) is 2. The average molecular weight is 381 g/mol. The maximum Gasteiger partial charge on any atom is 0.270 e. The molecule has 3 aromatic rings. The van der Waals surface area contributed by atoms with Crippen LogP contribution >= 0.6 is 11.6 Å². The number of aryl methyl sites for hydroxylation is 2. The molecule has 27 heavy (non-hydrogen) atoms. The maximum absolute atomic E-state index is 12.5. The van der Waals surface area contributed by atoms with E-state index in [4.69, 9.17) is 11.6 Å². The van der Waals surface area contributed by atoms with Crippen LogP contribution in [0.25, 0.3) is 0 Å². The fourth-order valence-electron chi connectivity index (χ4n) is 2.64. The van der Waals surface area contributed by atoms with E-state index in [1.165, 1.54) is 0 Å². The number of rotatable bonds is 6. The molecule has 6 heteroatoms. The highest BCUT2D eigenvalue weighted by Gasteiger charge is 2.11. The van der Waals surface area contributed by atoms with Crippen LogP contribution in [0.5, 0.6) is 0 Å². The fraction of sp³-hybridized carbons (Fsp3) is 0.190. The summed E-state index contributed by atoms with van der Waals surface area (Å²) in [7, 11) is 0. The Labute approximate surface area is 163 Å². The van der Waals surface area contributed by atoms with E-state index in [2.05, 4.69) is 20.6 Å². The van der Waals surface area contributed by atoms with Crippen molar-refractivity contribution in [3.05, 3.63) is 87.8 Å². The Morgan fingerprint density at radius 2 is 1.74 bits per heavy atom. The summed E-state index contributed by atoms with van der Waals surface area (Å²) < 4.78 is 0. The Morgan fingerprint density at radius 1 is 1.00 bits per heavy atom. The first kappa shape index (κ1) is 18.9. The van der Waals surface area contributed by atoms with Gasteiger partial charge in [0.25, 0.3) is 5.91 Å². The Balaban J connectivity index is 1.66. The van der Waals surface area contributed by atoms with Crippen LogP contribution in [0.4, 0.5) is 5.82 Å². The van der Waals surface area contributed by atoms with Crippen LogP contribution in [0.15, 0.2) is 54.6 Å². The second-order valence-corrected chi connectivity index (χ2v) is 6.71. The standard InChI is InChI=1S/C21H21ClN4O/c1-14-5-3-4-6-17(14)13-24-21(27)19-11-20(26-15(2)25-19)23-12-16-7-9-18(22)10-8-16/h3-11H,12-13H2,1-2H3,(H,24,27)(H,23,25,26). The van der Waals surface area contributed by atoms with E-state index < -0.39 is 0 Å². The van der Waals surface area contributed by atoms with Gasteiger partial charge in [-0.2, -0.15) is 0 Å². The molecule has 0 fully saturated rings. The van der Waals surface area contributed by atoms with Gasteiger partial charge in [-0.05, 0) is 42.7 Å². The number of carbonyl (C=O) groups is 1. The molecule has 2 N–H and O–H groups in total. The smallest absolute Gasteiger partial charge is 0.270 e. The SMILES string of the molecule is Cc1nc(NCc2ccc(Cl)cc2)cc(C(=O)NCc2ccccc2C)n1. The van der Waals surface area contributed by atoms with E-state index in [1.807, 2.05) is 55.5 Å². The predicted octanol–water partition coefficient (Wildman–Crippen LogP) is 4.29. The van der Waals surface area contributed by atoms with Gasteiger partial charge >= 0.3 is 0 Å². The van der Waals surface area contributed by atoms with Crippen molar-refractivity contribution in [3.63, 3.8) is 0 Å². The van der Waals surface area contributed by atoms with Crippen molar-refractivity contribution in [2.45, 2.75) is 26.9 Å². The van der Waals surface area contributed by atoms with Gasteiger partial charge in [0.15, 0.2) is 0 Å². The average Bonchev–Trinajstić information content (AvgIpc) is 2.66. The summed E-state index contributed by atoms with van der Waals surface area (Å²) in [5.41, 5.74) is 3.63. The molecule has 1 heterocycles. The Bertz CT molecular complexity index is 941. The molecule has 2 aromatic carbocycles. The van der Waals surface area contributed by atoms with Crippen LogP contribution in [-0.4, -0.2) is 15.9 Å². The van der Waals surface area contributed by atoms with Crippen molar-refractivity contribution in [3.8, 4) is 0 Å². The number of hydrogen-bond acceptors (Lipinski definition) is 4. The molecule has 1 aromatic heterocycles. The zero-order valence-corrected chi connectivity index (χ0v) is 16.0. The van der Waals surface area contributed by atoms with Gasteiger partial charge in [-0.25, -0.2) is 9.97 Å². The minimum atomic E-state index is -0.224. The second kappa shape index (κ2) is 8.64. The first-order valence-electron chi connectivity index (χ1n) is 8.68. The third kappa shape index (κ3) is 5.28. The number of nitrogens with zero attached hydrogens (tertiary/aromatic N) is 2. The largest absolute Gasteiger partial charge is 0.366 e. The topological polar surface area (TPSA) is 66.9 Å².